The van der Waals surface area contributed by atoms with Crippen LogP contribution in [0.4, 0.5) is 0 Å². The van der Waals surface area contributed by atoms with Crippen LogP contribution < -0.4 is 16.0 Å². The highest BCUT2D eigenvalue weighted by Gasteiger charge is 2.26. The summed E-state index contributed by atoms with van der Waals surface area (Å²) in [5, 5.41) is 10.8. The average Bonchev–Trinajstić information content (AvgIpc) is 2.46. The van der Waals surface area contributed by atoms with Crippen molar-refractivity contribution in [1.82, 2.24) is 16.0 Å². The molecule has 5 heteroatoms. The van der Waals surface area contributed by atoms with Crippen molar-refractivity contribution >= 4 is 17.4 Å². The van der Waals surface area contributed by atoms with Crippen molar-refractivity contribution in [1.29, 1.82) is 0 Å². The van der Waals surface area contributed by atoms with Crippen molar-refractivity contribution in [2.45, 2.75) is 6.17 Å². The van der Waals surface area contributed by atoms with Crippen LogP contribution in [0.2, 0.25) is 5.02 Å². The lowest BCUT2D eigenvalue weighted by atomic mass is 10.0. The molecule has 0 aliphatic carbocycles. The number of hydrogen-bond donors (Lipinski definition) is 3. The number of rotatable bonds is 1. The number of hydrogen-bond acceptors (Lipinski definition) is 3. The summed E-state index contributed by atoms with van der Waals surface area (Å²) in [5.41, 5.74) is 3.25. The van der Waals surface area contributed by atoms with Crippen LogP contribution in [0, 0.1) is 0 Å². The summed E-state index contributed by atoms with van der Waals surface area (Å²) < 4.78 is 0. The van der Waals surface area contributed by atoms with Gasteiger partial charge in [-0.3, -0.25) is 4.99 Å². The van der Waals surface area contributed by atoms with Gasteiger partial charge in [0.15, 0.2) is 0 Å². The third kappa shape index (κ3) is 2.19. The van der Waals surface area contributed by atoms with E-state index in [0.29, 0.717) is 0 Å². The molecule has 3 rings (SSSR count). The van der Waals surface area contributed by atoms with Crippen LogP contribution in [-0.2, 0) is 0 Å². The molecule has 0 saturated carbocycles. The zero-order valence-electron chi connectivity index (χ0n) is 10.6. The second-order valence-corrected chi connectivity index (χ2v) is 4.83. The van der Waals surface area contributed by atoms with E-state index in [2.05, 4.69) is 20.9 Å². The Balaban J connectivity index is 1.98. The Labute approximate surface area is 117 Å². The van der Waals surface area contributed by atoms with Crippen LogP contribution in [0.5, 0.6) is 0 Å². The van der Waals surface area contributed by atoms with E-state index in [1.54, 1.807) is 7.05 Å². The normalized spacial score (nSPS) is 23.5. The first kappa shape index (κ1) is 12.1. The summed E-state index contributed by atoms with van der Waals surface area (Å²) in [6.07, 6.45) is 3.90. The van der Waals surface area contributed by atoms with Crippen LogP contribution in [0.25, 0.3) is 0 Å². The molecule has 1 aromatic rings. The van der Waals surface area contributed by atoms with Gasteiger partial charge in [-0.1, -0.05) is 29.8 Å². The number of halogens is 1. The zero-order valence-corrected chi connectivity index (χ0v) is 11.3. The van der Waals surface area contributed by atoms with Crippen molar-refractivity contribution in [3.8, 4) is 0 Å². The first-order chi connectivity index (χ1) is 9.29. The first-order valence-corrected chi connectivity index (χ1v) is 6.55. The van der Waals surface area contributed by atoms with Gasteiger partial charge in [-0.2, -0.15) is 0 Å². The third-order valence-corrected chi connectivity index (χ3v) is 3.61. The smallest absolute Gasteiger partial charge is 0.131 e. The van der Waals surface area contributed by atoms with Gasteiger partial charge in [0.05, 0.1) is 6.54 Å². The largest absolute Gasteiger partial charge is 0.385 e. The van der Waals surface area contributed by atoms with Gasteiger partial charge < -0.3 is 16.0 Å². The SMILES string of the molecule is CN=C1NC(c2ccccc2Cl)NC2=C1C=CNC2. The summed E-state index contributed by atoms with van der Waals surface area (Å²) >= 11 is 6.26. The van der Waals surface area contributed by atoms with Gasteiger partial charge in [0.25, 0.3) is 0 Å². The molecule has 0 saturated heterocycles. The lowest BCUT2D eigenvalue weighted by molar-refractivity contribution is 0.532. The highest BCUT2D eigenvalue weighted by atomic mass is 35.5. The van der Waals surface area contributed by atoms with Crippen molar-refractivity contribution in [3.05, 3.63) is 58.4 Å². The predicted octanol–water partition coefficient (Wildman–Crippen LogP) is 1.93. The molecule has 1 aromatic carbocycles. The van der Waals surface area contributed by atoms with Crippen LogP contribution in [0.3, 0.4) is 0 Å². The maximum absolute atomic E-state index is 6.26. The van der Waals surface area contributed by atoms with E-state index in [1.165, 1.54) is 0 Å². The second kappa shape index (κ2) is 4.97. The van der Waals surface area contributed by atoms with E-state index in [0.717, 1.165) is 34.2 Å². The molecule has 4 nitrogen and oxygen atoms in total. The molecule has 2 heterocycles. The fourth-order valence-corrected chi connectivity index (χ4v) is 2.57. The molecule has 2 aliphatic rings. The minimum atomic E-state index is -0.0561. The molecule has 0 spiro atoms. The van der Waals surface area contributed by atoms with Crippen LogP contribution in [0.15, 0.2) is 52.8 Å². The molecular formula is C14H15ClN4. The Morgan fingerprint density at radius 1 is 1.26 bits per heavy atom. The number of nitrogens with one attached hydrogen (secondary N) is 3. The van der Waals surface area contributed by atoms with Gasteiger partial charge in [-0.15, -0.1) is 0 Å². The molecule has 0 fully saturated rings. The van der Waals surface area contributed by atoms with Gasteiger partial charge in [0, 0.05) is 28.9 Å². The molecule has 2 aliphatic heterocycles. The second-order valence-electron chi connectivity index (χ2n) is 4.42. The molecule has 3 N–H and O–H groups in total. The average molecular weight is 275 g/mol. The van der Waals surface area contributed by atoms with E-state index >= 15 is 0 Å². The highest BCUT2D eigenvalue weighted by molar-refractivity contribution is 6.31. The Bertz CT molecular complexity index is 589. The molecule has 1 unspecified atom stereocenters. The van der Waals surface area contributed by atoms with E-state index < -0.39 is 0 Å². The van der Waals surface area contributed by atoms with Crippen LogP contribution in [0.1, 0.15) is 11.7 Å². The molecular weight excluding hydrogens is 260 g/mol. The molecule has 98 valence electrons. The van der Waals surface area contributed by atoms with E-state index in [-0.39, 0.29) is 6.17 Å². The molecule has 0 bridgehead atoms. The van der Waals surface area contributed by atoms with Crippen molar-refractivity contribution in [3.63, 3.8) is 0 Å². The Morgan fingerprint density at radius 2 is 2.11 bits per heavy atom. The summed E-state index contributed by atoms with van der Waals surface area (Å²) in [6, 6.07) is 7.82. The minimum Gasteiger partial charge on any atom is -0.385 e. The molecule has 0 amide bonds. The highest BCUT2D eigenvalue weighted by Crippen LogP contribution is 2.26. The lowest BCUT2D eigenvalue weighted by Gasteiger charge is -2.33. The van der Waals surface area contributed by atoms with Gasteiger partial charge in [0.1, 0.15) is 12.0 Å². The fourth-order valence-electron chi connectivity index (χ4n) is 2.32. The van der Waals surface area contributed by atoms with E-state index in [4.69, 9.17) is 11.6 Å². The lowest BCUT2D eigenvalue weighted by Crippen LogP contribution is -2.47. The van der Waals surface area contributed by atoms with Gasteiger partial charge >= 0.3 is 0 Å². The van der Waals surface area contributed by atoms with Gasteiger partial charge in [0.2, 0.25) is 0 Å². The Morgan fingerprint density at radius 3 is 2.89 bits per heavy atom. The summed E-state index contributed by atoms with van der Waals surface area (Å²) in [6.45, 7) is 0.771. The standard InChI is InChI=1S/C14H15ClN4/c1-16-13-10-6-7-17-8-12(10)18-14(19-13)9-4-2-3-5-11(9)15/h2-7,14,17-18H,8H2,1H3,(H,16,19). The zero-order chi connectivity index (χ0) is 13.2. The Kier molecular flexibility index (Phi) is 3.17. The number of dihydropyridines is 1. The van der Waals surface area contributed by atoms with E-state index in [9.17, 15) is 0 Å². The fraction of sp³-hybridized carbons (Fsp3) is 0.214. The minimum absolute atomic E-state index is 0.0561. The number of aliphatic imine (C=N–C) groups is 1. The molecule has 0 aromatic heterocycles. The summed E-state index contributed by atoms with van der Waals surface area (Å²) in [4.78, 5) is 4.32. The summed E-state index contributed by atoms with van der Waals surface area (Å²) in [5.74, 6) is 0.886. The monoisotopic (exact) mass is 274 g/mol. The number of amidine groups is 1. The topological polar surface area (TPSA) is 48.5 Å². The number of nitrogens with zero attached hydrogens (tertiary/aromatic N) is 1. The number of benzene rings is 1. The van der Waals surface area contributed by atoms with Gasteiger partial charge in [-0.25, -0.2) is 0 Å². The van der Waals surface area contributed by atoms with Crippen molar-refractivity contribution < 1.29 is 0 Å². The Hall–Kier alpha value is -1.94. The van der Waals surface area contributed by atoms with Crippen LogP contribution >= 0.6 is 11.6 Å². The third-order valence-electron chi connectivity index (χ3n) is 3.27. The van der Waals surface area contributed by atoms with Crippen molar-refractivity contribution in [2.75, 3.05) is 13.6 Å². The maximum Gasteiger partial charge on any atom is 0.131 e. The van der Waals surface area contributed by atoms with Crippen LogP contribution in [-0.4, -0.2) is 19.4 Å². The molecule has 19 heavy (non-hydrogen) atoms. The maximum atomic E-state index is 6.26. The van der Waals surface area contributed by atoms with Crippen molar-refractivity contribution in [2.24, 2.45) is 4.99 Å². The quantitative estimate of drug-likeness (QED) is 0.733. The van der Waals surface area contributed by atoms with Gasteiger partial charge in [-0.05, 0) is 18.3 Å². The molecule has 1 atom stereocenters. The predicted molar refractivity (Wildman–Crippen MR) is 78.0 cm³/mol. The summed E-state index contributed by atoms with van der Waals surface area (Å²) in [7, 11) is 1.79. The first-order valence-electron chi connectivity index (χ1n) is 6.17. The van der Waals surface area contributed by atoms with E-state index in [1.807, 2.05) is 36.5 Å². The molecule has 0 radical (unpaired) electrons.